The molecule has 0 saturated carbocycles. The lowest BCUT2D eigenvalue weighted by Crippen LogP contribution is -2.21. The number of ketones is 1. The molecule has 0 aliphatic heterocycles. The molecule has 0 heterocycles. The van der Waals surface area contributed by atoms with Crippen LogP contribution in [-0.4, -0.2) is 18.4 Å². The maximum Gasteiger partial charge on any atom is 0.317 e. The third-order valence-corrected chi connectivity index (χ3v) is 5.47. The number of benzene rings is 3. The zero-order chi connectivity index (χ0) is 21.6. The van der Waals surface area contributed by atoms with Gasteiger partial charge in [-0.3, -0.25) is 9.59 Å². The summed E-state index contributed by atoms with van der Waals surface area (Å²) in [7, 11) is 0. The minimum absolute atomic E-state index is 0.0129. The van der Waals surface area contributed by atoms with Crippen LogP contribution in [0.2, 0.25) is 0 Å². The molecule has 0 N–H and O–H groups in total. The predicted molar refractivity (Wildman–Crippen MR) is 123 cm³/mol. The number of ether oxygens (including phenoxy) is 1. The van der Waals surface area contributed by atoms with E-state index in [1.54, 1.807) is 6.92 Å². The van der Waals surface area contributed by atoms with Crippen molar-refractivity contribution in [2.24, 2.45) is 5.92 Å². The van der Waals surface area contributed by atoms with Crippen molar-refractivity contribution < 1.29 is 14.3 Å². The lowest BCUT2D eigenvalue weighted by molar-refractivity contribution is -0.144. The van der Waals surface area contributed by atoms with E-state index in [9.17, 15) is 9.59 Å². The number of carbonyl (C=O) groups is 2. The molecule has 0 spiro atoms. The van der Waals surface area contributed by atoms with Gasteiger partial charge in [-0.25, -0.2) is 0 Å². The summed E-state index contributed by atoms with van der Waals surface area (Å²) in [4.78, 5) is 26.3. The van der Waals surface area contributed by atoms with Crippen LogP contribution in [0.5, 0.6) is 0 Å². The van der Waals surface area contributed by atoms with Crippen molar-refractivity contribution in [1.29, 1.82) is 0 Å². The van der Waals surface area contributed by atoms with Crippen molar-refractivity contribution in [3.8, 4) is 0 Å². The van der Waals surface area contributed by atoms with E-state index < -0.39 is 5.92 Å². The van der Waals surface area contributed by atoms with E-state index in [4.69, 9.17) is 4.74 Å². The van der Waals surface area contributed by atoms with Crippen molar-refractivity contribution in [1.82, 2.24) is 0 Å². The summed E-state index contributed by atoms with van der Waals surface area (Å²) < 4.78 is 5.45. The van der Waals surface area contributed by atoms with Crippen LogP contribution in [-0.2, 0) is 9.53 Å². The summed E-state index contributed by atoms with van der Waals surface area (Å²) in [5, 5.41) is 0. The fraction of sp³-hybridized carbons (Fsp3) is 0.143. The van der Waals surface area contributed by atoms with Gasteiger partial charge in [0.2, 0.25) is 0 Å². The van der Waals surface area contributed by atoms with Gasteiger partial charge in [0, 0.05) is 12.0 Å². The highest BCUT2D eigenvalue weighted by atomic mass is 16.5. The van der Waals surface area contributed by atoms with E-state index >= 15 is 0 Å². The SMILES string of the molecule is CCOC(=O)C1C(c2ccccc2)=CC(c2ccccc2)=C1CC(=O)c1ccccc1. The van der Waals surface area contributed by atoms with Gasteiger partial charge in [0.25, 0.3) is 0 Å². The quantitative estimate of drug-likeness (QED) is 0.356. The second kappa shape index (κ2) is 9.40. The lowest BCUT2D eigenvalue weighted by atomic mass is 9.86. The molecule has 0 fully saturated rings. The van der Waals surface area contributed by atoms with Gasteiger partial charge in [-0.2, -0.15) is 0 Å². The zero-order valence-electron chi connectivity index (χ0n) is 17.5. The van der Waals surface area contributed by atoms with E-state index in [1.165, 1.54) is 0 Å². The predicted octanol–water partition coefficient (Wildman–Crippen LogP) is 5.99. The Bertz CT molecular complexity index is 1130. The molecule has 1 atom stereocenters. The van der Waals surface area contributed by atoms with Crippen LogP contribution in [0.15, 0.2) is 103 Å². The van der Waals surface area contributed by atoms with Crippen molar-refractivity contribution >= 4 is 22.9 Å². The van der Waals surface area contributed by atoms with E-state index in [-0.39, 0.29) is 24.8 Å². The molecule has 0 radical (unpaired) electrons. The summed E-state index contributed by atoms with van der Waals surface area (Å²) in [5.74, 6) is -0.939. The molecular formula is C28H24O3. The number of hydrogen-bond donors (Lipinski definition) is 0. The first-order valence-corrected chi connectivity index (χ1v) is 10.5. The Kier molecular flexibility index (Phi) is 6.23. The monoisotopic (exact) mass is 408 g/mol. The summed E-state index contributed by atoms with van der Waals surface area (Å²) in [5.41, 5.74) is 5.15. The van der Waals surface area contributed by atoms with Crippen molar-refractivity contribution in [2.75, 3.05) is 6.61 Å². The fourth-order valence-electron chi connectivity index (χ4n) is 4.03. The van der Waals surface area contributed by atoms with Crippen LogP contribution in [0.4, 0.5) is 0 Å². The smallest absolute Gasteiger partial charge is 0.317 e. The average Bonchev–Trinajstić information content (AvgIpc) is 3.20. The van der Waals surface area contributed by atoms with Crippen LogP contribution in [0, 0.1) is 5.92 Å². The second-order valence-corrected chi connectivity index (χ2v) is 7.42. The first-order chi connectivity index (χ1) is 15.2. The summed E-state index contributed by atoms with van der Waals surface area (Å²) in [6.07, 6.45) is 2.20. The third-order valence-electron chi connectivity index (χ3n) is 5.47. The van der Waals surface area contributed by atoms with Gasteiger partial charge in [0.15, 0.2) is 5.78 Å². The molecule has 3 heteroatoms. The van der Waals surface area contributed by atoms with Crippen LogP contribution >= 0.6 is 0 Å². The maximum atomic E-state index is 13.1. The van der Waals surface area contributed by atoms with Crippen molar-refractivity contribution in [2.45, 2.75) is 13.3 Å². The Morgan fingerprint density at radius 3 is 1.90 bits per heavy atom. The number of rotatable bonds is 7. The molecule has 3 aromatic rings. The highest BCUT2D eigenvalue weighted by Gasteiger charge is 2.36. The zero-order valence-corrected chi connectivity index (χ0v) is 17.5. The summed E-state index contributed by atoms with van der Waals surface area (Å²) in [6, 6.07) is 28.9. The van der Waals surface area contributed by atoms with Crippen LogP contribution < -0.4 is 0 Å². The molecule has 3 aromatic carbocycles. The van der Waals surface area contributed by atoms with E-state index in [2.05, 4.69) is 0 Å². The Morgan fingerprint density at radius 2 is 1.32 bits per heavy atom. The Morgan fingerprint density at radius 1 is 0.774 bits per heavy atom. The molecule has 1 aliphatic carbocycles. The molecule has 1 aliphatic rings. The lowest BCUT2D eigenvalue weighted by Gasteiger charge is -2.19. The highest BCUT2D eigenvalue weighted by molar-refractivity contribution is 6.07. The van der Waals surface area contributed by atoms with Gasteiger partial charge >= 0.3 is 5.97 Å². The van der Waals surface area contributed by atoms with Crippen molar-refractivity contribution in [3.63, 3.8) is 0 Å². The Hall–Kier alpha value is -3.72. The van der Waals surface area contributed by atoms with Crippen LogP contribution in [0.1, 0.15) is 34.8 Å². The van der Waals surface area contributed by atoms with Gasteiger partial charge in [-0.15, -0.1) is 0 Å². The van der Waals surface area contributed by atoms with Crippen molar-refractivity contribution in [3.05, 3.63) is 119 Å². The topological polar surface area (TPSA) is 43.4 Å². The van der Waals surface area contributed by atoms with E-state index in [0.717, 1.165) is 27.8 Å². The van der Waals surface area contributed by atoms with Crippen LogP contribution in [0.3, 0.4) is 0 Å². The Labute approximate surface area is 182 Å². The first kappa shape index (κ1) is 20.5. The van der Waals surface area contributed by atoms with E-state index in [0.29, 0.717) is 5.56 Å². The Balaban J connectivity index is 1.83. The largest absolute Gasteiger partial charge is 0.465 e. The molecule has 3 nitrogen and oxygen atoms in total. The summed E-state index contributed by atoms with van der Waals surface area (Å²) in [6.45, 7) is 2.09. The number of hydrogen-bond acceptors (Lipinski definition) is 3. The number of esters is 1. The molecule has 154 valence electrons. The molecule has 31 heavy (non-hydrogen) atoms. The standard InChI is InChI=1S/C28H24O3/c1-2-31-28(30)27-24(21-14-8-4-9-15-21)18-23(20-12-6-3-7-13-20)25(27)19-26(29)22-16-10-5-11-17-22/h3-18,27H,2,19H2,1H3. The van der Waals surface area contributed by atoms with E-state index in [1.807, 2.05) is 97.1 Å². The number of carbonyl (C=O) groups excluding carboxylic acids is 2. The van der Waals surface area contributed by atoms with Gasteiger partial charge in [-0.05, 0) is 40.8 Å². The fourth-order valence-corrected chi connectivity index (χ4v) is 4.03. The molecule has 0 aromatic heterocycles. The number of Topliss-reactive ketones (excluding diaryl/α,β-unsaturated/α-hetero) is 1. The molecule has 0 bridgehead atoms. The molecule has 4 rings (SSSR count). The minimum atomic E-state index is -0.606. The minimum Gasteiger partial charge on any atom is -0.465 e. The highest BCUT2D eigenvalue weighted by Crippen LogP contribution is 2.44. The van der Waals surface area contributed by atoms with Gasteiger partial charge in [0.1, 0.15) is 5.92 Å². The van der Waals surface area contributed by atoms with Crippen LogP contribution in [0.25, 0.3) is 11.1 Å². The molecule has 0 amide bonds. The normalized spacial score (nSPS) is 15.5. The maximum absolute atomic E-state index is 13.1. The van der Waals surface area contributed by atoms with Gasteiger partial charge < -0.3 is 4.74 Å². The third kappa shape index (κ3) is 4.41. The second-order valence-electron chi connectivity index (χ2n) is 7.42. The van der Waals surface area contributed by atoms with Gasteiger partial charge in [-0.1, -0.05) is 91.0 Å². The first-order valence-electron chi connectivity index (χ1n) is 10.5. The number of allylic oxidation sites excluding steroid dienone is 2. The molecular weight excluding hydrogens is 384 g/mol. The molecule has 0 saturated heterocycles. The average molecular weight is 408 g/mol. The summed E-state index contributed by atoms with van der Waals surface area (Å²) >= 11 is 0. The van der Waals surface area contributed by atoms with Gasteiger partial charge in [0.05, 0.1) is 6.61 Å². The molecule has 1 unspecified atom stereocenters.